The van der Waals surface area contributed by atoms with Gasteiger partial charge < -0.3 is 11.1 Å². The van der Waals surface area contributed by atoms with E-state index in [2.05, 4.69) is 41.3 Å². The van der Waals surface area contributed by atoms with Crippen LogP contribution in [0, 0.1) is 0 Å². The normalized spacial score (nSPS) is 11.3. The Morgan fingerprint density at radius 2 is 1.88 bits per heavy atom. The molecule has 0 radical (unpaired) electrons. The maximum Gasteiger partial charge on any atom is 0.248 e. The van der Waals surface area contributed by atoms with Crippen LogP contribution in [0.25, 0.3) is 0 Å². The molecule has 0 atom stereocenters. The molecule has 0 aliphatic rings. The van der Waals surface area contributed by atoms with E-state index >= 15 is 0 Å². The molecule has 0 spiro atoms. The molecule has 3 rings (SSSR count). The van der Waals surface area contributed by atoms with Crippen molar-refractivity contribution in [1.29, 1.82) is 0 Å². The Hall–Kier alpha value is -2.45. The SMILES string of the molecule is CC(C)(C)c1nnc(Nc2ccc(C(N)=O)cc2Sc2ccncc2)s1. The molecule has 26 heavy (non-hydrogen) atoms. The lowest BCUT2D eigenvalue weighted by Crippen LogP contribution is -2.11. The highest BCUT2D eigenvalue weighted by atomic mass is 32.2. The number of anilines is 2. The first-order valence-corrected chi connectivity index (χ1v) is 9.59. The zero-order valence-corrected chi connectivity index (χ0v) is 16.3. The molecule has 3 N–H and O–H groups in total. The Morgan fingerprint density at radius 3 is 2.50 bits per heavy atom. The standard InChI is InChI=1S/C18H19N5OS2/c1-18(2,3)16-22-23-17(26-16)21-13-5-4-11(15(19)24)10-14(13)25-12-6-8-20-9-7-12/h4-10H,1-3H3,(H2,19,24)(H,21,23). The Bertz CT molecular complexity index is 919. The van der Waals surface area contributed by atoms with Crippen molar-refractivity contribution in [2.45, 2.75) is 36.0 Å². The Kier molecular flexibility index (Phi) is 5.24. The van der Waals surface area contributed by atoms with Gasteiger partial charge in [0.15, 0.2) is 0 Å². The van der Waals surface area contributed by atoms with E-state index in [-0.39, 0.29) is 5.41 Å². The number of carbonyl (C=O) groups is 1. The van der Waals surface area contributed by atoms with Crippen LogP contribution in [0.3, 0.4) is 0 Å². The van der Waals surface area contributed by atoms with Crippen LogP contribution in [-0.4, -0.2) is 21.1 Å². The lowest BCUT2D eigenvalue weighted by atomic mass is 9.98. The maximum absolute atomic E-state index is 11.6. The first kappa shape index (κ1) is 18.3. The van der Waals surface area contributed by atoms with Gasteiger partial charge in [0.25, 0.3) is 0 Å². The van der Waals surface area contributed by atoms with Gasteiger partial charge in [-0.25, -0.2) is 0 Å². The minimum absolute atomic E-state index is 0.0535. The lowest BCUT2D eigenvalue weighted by Gasteiger charge is -2.13. The molecular weight excluding hydrogens is 366 g/mol. The van der Waals surface area contributed by atoms with Gasteiger partial charge in [0.2, 0.25) is 11.0 Å². The summed E-state index contributed by atoms with van der Waals surface area (Å²) in [7, 11) is 0. The maximum atomic E-state index is 11.6. The molecular formula is C18H19N5OS2. The average Bonchev–Trinajstić information content (AvgIpc) is 3.06. The van der Waals surface area contributed by atoms with E-state index in [4.69, 9.17) is 5.73 Å². The molecule has 0 saturated heterocycles. The molecule has 0 bridgehead atoms. The van der Waals surface area contributed by atoms with Crippen molar-refractivity contribution in [2.75, 3.05) is 5.32 Å². The monoisotopic (exact) mass is 385 g/mol. The molecule has 0 saturated carbocycles. The van der Waals surface area contributed by atoms with Gasteiger partial charge in [-0.1, -0.05) is 43.9 Å². The summed E-state index contributed by atoms with van der Waals surface area (Å²) in [4.78, 5) is 17.5. The van der Waals surface area contributed by atoms with Gasteiger partial charge in [-0.15, -0.1) is 10.2 Å². The Balaban J connectivity index is 1.92. The quantitative estimate of drug-likeness (QED) is 0.683. The fourth-order valence-corrected chi connectivity index (χ4v) is 3.83. The molecule has 0 aliphatic heterocycles. The number of aromatic nitrogens is 3. The average molecular weight is 386 g/mol. The number of nitrogens with zero attached hydrogens (tertiary/aromatic N) is 3. The molecule has 1 aromatic carbocycles. The predicted octanol–water partition coefficient (Wildman–Crippen LogP) is 4.22. The zero-order chi connectivity index (χ0) is 18.7. The van der Waals surface area contributed by atoms with Crippen molar-refractivity contribution >= 4 is 39.8 Å². The number of nitrogens with two attached hydrogens (primary N) is 1. The van der Waals surface area contributed by atoms with Crippen molar-refractivity contribution < 1.29 is 4.79 Å². The molecule has 2 heterocycles. The summed E-state index contributed by atoms with van der Waals surface area (Å²) in [5, 5.41) is 13.5. The first-order chi connectivity index (χ1) is 12.3. The number of primary amides is 1. The van der Waals surface area contributed by atoms with Crippen LogP contribution in [-0.2, 0) is 5.41 Å². The van der Waals surface area contributed by atoms with Crippen molar-refractivity contribution in [2.24, 2.45) is 5.73 Å². The van der Waals surface area contributed by atoms with Gasteiger partial charge >= 0.3 is 0 Å². The zero-order valence-electron chi connectivity index (χ0n) is 14.7. The number of rotatable bonds is 5. The highest BCUT2D eigenvalue weighted by molar-refractivity contribution is 7.99. The van der Waals surface area contributed by atoms with Gasteiger partial charge in [-0.3, -0.25) is 9.78 Å². The molecule has 0 aliphatic carbocycles. The van der Waals surface area contributed by atoms with Crippen molar-refractivity contribution in [3.63, 3.8) is 0 Å². The van der Waals surface area contributed by atoms with Crippen LogP contribution in [0.2, 0.25) is 0 Å². The van der Waals surface area contributed by atoms with Gasteiger partial charge in [-0.05, 0) is 30.3 Å². The van der Waals surface area contributed by atoms with Crippen molar-refractivity contribution in [3.8, 4) is 0 Å². The Morgan fingerprint density at radius 1 is 1.15 bits per heavy atom. The van der Waals surface area contributed by atoms with E-state index in [9.17, 15) is 4.79 Å². The lowest BCUT2D eigenvalue weighted by molar-refractivity contribution is 0.1000. The highest BCUT2D eigenvalue weighted by Crippen LogP contribution is 2.37. The van der Waals surface area contributed by atoms with Gasteiger partial charge in [0, 0.05) is 33.2 Å². The van der Waals surface area contributed by atoms with Gasteiger partial charge in [0.05, 0.1) is 5.69 Å². The fourth-order valence-electron chi connectivity index (χ4n) is 2.09. The van der Waals surface area contributed by atoms with E-state index < -0.39 is 5.91 Å². The van der Waals surface area contributed by atoms with E-state index in [1.54, 1.807) is 24.5 Å². The molecule has 134 valence electrons. The summed E-state index contributed by atoms with van der Waals surface area (Å²) in [6.45, 7) is 6.30. The van der Waals surface area contributed by atoms with Crippen molar-refractivity contribution in [3.05, 3.63) is 53.3 Å². The van der Waals surface area contributed by atoms with Crippen LogP contribution in [0.15, 0.2) is 52.5 Å². The Labute approximate surface area is 160 Å². The summed E-state index contributed by atoms with van der Waals surface area (Å²) < 4.78 is 0. The van der Waals surface area contributed by atoms with Gasteiger partial charge in [0.1, 0.15) is 5.01 Å². The van der Waals surface area contributed by atoms with Gasteiger partial charge in [-0.2, -0.15) is 0 Å². The first-order valence-electron chi connectivity index (χ1n) is 7.95. The highest BCUT2D eigenvalue weighted by Gasteiger charge is 2.20. The molecule has 1 amide bonds. The van der Waals surface area contributed by atoms with E-state index in [1.165, 1.54) is 23.1 Å². The second-order valence-corrected chi connectivity index (χ2v) is 8.74. The summed E-state index contributed by atoms with van der Waals surface area (Å²) in [6, 6.07) is 9.14. The molecule has 0 fully saturated rings. The molecule has 2 aromatic heterocycles. The number of amides is 1. The van der Waals surface area contributed by atoms with E-state index in [1.807, 2.05) is 18.2 Å². The molecule has 3 aromatic rings. The van der Waals surface area contributed by atoms with Crippen LogP contribution in [0.4, 0.5) is 10.8 Å². The summed E-state index contributed by atoms with van der Waals surface area (Å²) in [6.07, 6.45) is 3.46. The molecule has 0 unspecified atom stereocenters. The number of hydrogen-bond acceptors (Lipinski definition) is 7. The van der Waals surface area contributed by atoms with Crippen LogP contribution in [0.1, 0.15) is 36.1 Å². The number of pyridine rings is 1. The smallest absolute Gasteiger partial charge is 0.248 e. The van der Waals surface area contributed by atoms with Crippen LogP contribution in [0.5, 0.6) is 0 Å². The summed E-state index contributed by atoms with van der Waals surface area (Å²) in [5.41, 5.74) is 6.68. The minimum atomic E-state index is -0.459. The number of carbonyl (C=O) groups excluding carboxylic acids is 1. The van der Waals surface area contributed by atoms with E-state index in [0.717, 1.165) is 20.5 Å². The van der Waals surface area contributed by atoms with E-state index in [0.29, 0.717) is 10.7 Å². The third-order valence-electron chi connectivity index (χ3n) is 3.45. The topological polar surface area (TPSA) is 93.8 Å². The number of nitrogens with one attached hydrogen (secondary N) is 1. The summed E-state index contributed by atoms with van der Waals surface area (Å²) >= 11 is 3.04. The third kappa shape index (κ3) is 4.39. The molecule has 8 heteroatoms. The molecule has 6 nitrogen and oxygen atoms in total. The van der Waals surface area contributed by atoms with Crippen LogP contribution < -0.4 is 11.1 Å². The second-order valence-electron chi connectivity index (χ2n) is 6.65. The third-order valence-corrected chi connectivity index (χ3v) is 5.78. The fraction of sp³-hybridized carbons (Fsp3) is 0.222. The minimum Gasteiger partial charge on any atom is -0.366 e. The van der Waals surface area contributed by atoms with Crippen LogP contribution >= 0.6 is 23.1 Å². The second kappa shape index (κ2) is 7.43. The largest absolute Gasteiger partial charge is 0.366 e. The summed E-state index contributed by atoms with van der Waals surface area (Å²) in [5.74, 6) is -0.459. The van der Waals surface area contributed by atoms with Crippen molar-refractivity contribution in [1.82, 2.24) is 15.2 Å². The number of hydrogen-bond donors (Lipinski definition) is 2. The number of benzene rings is 1. The predicted molar refractivity (Wildman–Crippen MR) is 105 cm³/mol.